The van der Waals surface area contributed by atoms with Crippen LogP contribution in [0.15, 0.2) is 30.7 Å². The summed E-state index contributed by atoms with van der Waals surface area (Å²) in [5, 5.41) is 7.67. The molecule has 1 N–H and O–H groups in total. The van der Waals surface area contributed by atoms with Gasteiger partial charge in [0.15, 0.2) is 5.82 Å². The number of aryl methyl sites for hydroxylation is 1. The molecule has 1 atom stereocenters. The van der Waals surface area contributed by atoms with E-state index in [1.807, 2.05) is 23.0 Å². The van der Waals surface area contributed by atoms with E-state index in [1.165, 1.54) is 0 Å². The molecule has 0 aromatic carbocycles. The standard InChI is InChI=1S/C12H17N5/c1-3-13-11(12-14-7-5-8-15-12)10-6-9-16-17(10)4-2/h5-9,11,13H,3-4H2,1-2H3. The molecular weight excluding hydrogens is 214 g/mol. The molecule has 5 nitrogen and oxygen atoms in total. The first-order valence-corrected chi connectivity index (χ1v) is 5.88. The van der Waals surface area contributed by atoms with E-state index in [0.717, 1.165) is 24.6 Å². The van der Waals surface area contributed by atoms with Crippen LogP contribution in [0.1, 0.15) is 31.4 Å². The van der Waals surface area contributed by atoms with Crippen molar-refractivity contribution in [1.82, 2.24) is 25.1 Å². The molecule has 0 radical (unpaired) electrons. The zero-order chi connectivity index (χ0) is 12.1. The Balaban J connectivity index is 2.36. The van der Waals surface area contributed by atoms with E-state index in [0.29, 0.717) is 0 Å². The lowest BCUT2D eigenvalue weighted by Crippen LogP contribution is -2.26. The van der Waals surface area contributed by atoms with Crippen LogP contribution in [-0.2, 0) is 6.54 Å². The monoisotopic (exact) mass is 231 g/mol. The lowest BCUT2D eigenvalue weighted by molar-refractivity contribution is 0.524. The summed E-state index contributed by atoms with van der Waals surface area (Å²) in [4.78, 5) is 8.63. The molecule has 0 aliphatic carbocycles. The van der Waals surface area contributed by atoms with Gasteiger partial charge in [0.2, 0.25) is 0 Å². The summed E-state index contributed by atoms with van der Waals surface area (Å²) >= 11 is 0. The molecule has 0 aliphatic rings. The van der Waals surface area contributed by atoms with E-state index in [9.17, 15) is 0 Å². The van der Waals surface area contributed by atoms with Gasteiger partial charge in [-0.3, -0.25) is 4.68 Å². The van der Waals surface area contributed by atoms with Crippen LogP contribution in [-0.4, -0.2) is 26.3 Å². The molecule has 0 bridgehead atoms. The number of hydrogen-bond donors (Lipinski definition) is 1. The summed E-state index contributed by atoms with van der Waals surface area (Å²) < 4.78 is 1.96. The van der Waals surface area contributed by atoms with Crippen molar-refractivity contribution in [3.05, 3.63) is 42.2 Å². The Bertz CT molecular complexity index is 451. The van der Waals surface area contributed by atoms with E-state index in [-0.39, 0.29) is 6.04 Å². The van der Waals surface area contributed by atoms with Crippen molar-refractivity contribution in [3.63, 3.8) is 0 Å². The van der Waals surface area contributed by atoms with Crippen LogP contribution in [0.3, 0.4) is 0 Å². The smallest absolute Gasteiger partial charge is 0.151 e. The Hall–Kier alpha value is -1.75. The number of hydrogen-bond acceptors (Lipinski definition) is 4. The van der Waals surface area contributed by atoms with Crippen molar-refractivity contribution in [3.8, 4) is 0 Å². The maximum Gasteiger partial charge on any atom is 0.151 e. The van der Waals surface area contributed by atoms with Gasteiger partial charge in [-0.1, -0.05) is 6.92 Å². The van der Waals surface area contributed by atoms with Crippen molar-refractivity contribution < 1.29 is 0 Å². The highest BCUT2D eigenvalue weighted by atomic mass is 15.3. The highest BCUT2D eigenvalue weighted by molar-refractivity contribution is 5.16. The summed E-state index contributed by atoms with van der Waals surface area (Å²) in [6.07, 6.45) is 5.34. The third kappa shape index (κ3) is 2.50. The molecule has 0 aliphatic heterocycles. The molecule has 0 fully saturated rings. The van der Waals surface area contributed by atoms with Gasteiger partial charge in [0.05, 0.1) is 5.69 Å². The second kappa shape index (κ2) is 5.54. The second-order valence-electron chi connectivity index (χ2n) is 3.67. The fraction of sp³-hybridized carbons (Fsp3) is 0.417. The predicted octanol–water partition coefficient (Wildman–Crippen LogP) is 1.39. The first-order chi connectivity index (χ1) is 8.36. The molecule has 2 rings (SSSR count). The van der Waals surface area contributed by atoms with Crippen LogP contribution in [0.25, 0.3) is 0 Å². The fourth-order valence-electron chi connectivity index (χ4n) is 1.84. The summed E-state index contributed by atoms with van der Waals surface area (Å²) in [5.41, 5.74) is 1.10. The first kappa shape index (κ1) is 11.7. The molecular formula is C12H17N5. The average Bonchev–Trinajstić information content (AvgIpc) is 2.85. The van der Waals surface area contributed by atoms with Gasteiger partial charge in [-0.15, -0.1) is 0 Å². The summed E-state index contributed by atoms with van der Waals surface area (Å²) in [5.74, 6) is 0.782. The quantitative estimate of drug-likeness (QED) is 0.845. The maximum atomic E-state index is 4.31. The van der Waals surface area contributed by atoms with E-state index in [1.54, 1.807) is 12.4 Å². The van der Waals surface area contributed by atoms with Crippen molar-refractivity contribution >= 4 is 0 Å². The third-order valence-electron chi connectivity index (χ3n) is 2.60. The van der Waals surface area contributed by atoms with Gasteiger partial charge in [-0.05, 0) is 25.6 Å². The van der Waals surface area contributed by atoms with Gasteiger partial charge >= 0.3 is 0 Å². The van der Waals surface area contributed by atoms with Gasteiger partial charge in [0, 0.05) is 25.1 Å². The van der Waals surface area contributed by atoms with Gasteiger partial charge < -0.3 is 5.32 Å². The second-order valence-corrected chi connectivity index (χ2v) is 3.67. The van der Waals surface area contributed by atoms with Gasteiger partial charge in [0.25, 0.3) is 0 Å². The Morgan fingerprint density at radius 1 is 1.24 bits per heavy atom. The molecule has 0 saturated heterocycles. The molecule has 17 heavy (non-hydrogen) atoms. The van der Waals surface area contributed by atoms with Crippen LogP contribution in [0.2, 0.25) is 0 Å². The predicted molar refractivity (Wildman–Crippen MR) is 65.5 cm³/mol. The third-order valence-corrected chi connectivity index (χ3v) is 2.60. The zero-order valence-corrected chi connectivity index (χ0v) is 10.2. The SMILES string of the molecule is CCNC(c1ncccn1)c1ccnn1CC. The molecule has 0 amide bonds. The summed E-state index contributed by atoms with van der Waals surface area (Å²) in [6, 6.07) is 3.83. The summed E-state index contributed by atoms with van der Waals surface area (Å²) in [7, 11) is 0. The van der Waals surface area contributed by atoms with Crippen molar-refractivity contribution in [2.24, 2.45) is 0 Å². The van der Waals surface area contributed by atoms with Gasteiger partial charge in [0.1, 0.15) is 6.04 Å². The van der Waals surface area contributed by atoms with E-state index < -0.39 is 0 Å². The molecule has 0 saturated carbocycles. The number of aromatic nitrogens is 4. The molecule has 5 heteroatoms. The van der Waals surface area contributed by atoms with Crippen molar-refractivity contribution in [1.29, 1.82) is 0 Å². The van der Waals surface area contributed by atoms with Crippen molar-refractivity contribution in [2.75, 3.05) is 6.54 Å². The lowest BCUT2D eigenvalue weighted by atomic mass is 10.2. The highest BCUT2D eigenvalue weighted by Gasteiger charge is 2.18. The summed E-state index contributed by atoms with van der Waals surface area (Å²) in [6.45, 7) is 5.85. The Labute approximate surface area is 101 Å². The number of nitrogens with one attached hydrogen (secondary N) is 1. The molecule has 2 aromatic rings. The van der Waals surface area contributed by atoms with Crippen LogP contribution in [0.5, 0.6) is 0 Å². The molecule has 2 heterocycles. The first-order valence-electron chi connectivity index (χ1n) is 5.88. The Kier molecular flexibility index (Phi) is 3.82. The van der Waals surface area contributed by atoms with Crippen LogP contribution in [0.4, 0.5) is 0 Å². The normalized spacial score (nSPS) is 12.6. The fourth-order valence-corrected chi connectivity index (χ4v) is 1.84. The van der Waals surface area contributed by atoms with Gasteiger partial charge in [-0.25, -0.2) is 9.97 Å². The Morgan fingerprint density at radius 3 is 2.65 bits per heavy atom. The molecule has 2 aromatic heterocycles. The van der Waals surface area contributed by atoms with Gasteiger partial charge in [-0.2, -0.15) is 5.10 Å². The minimum atomic E-state index is 0.00338. The number of nitrogens with zero attached hydrogens (tertiary/aromatic N) is 4. The minimum Gasteiger partial charge on any atom is -0.303 e. The topological polar surface area (TPSA) is 55.6 Å². The minimum absolute atomic E-state index is 0.00338. The largest absolute Gasteiger partial charge is 0.303 e. The average molecular weight is 231 g/mol. The zero-order valence-electron chi connectivity index (χ0n) is 10.2. The van der Waals surface area contributed by atoms with Crippen LogP contribution >= 0.6 is 0 Å². The van der Waals surface area contributed by atoms with Crippen LogP contribution < -0.4 is 5.32 Å². The van der Waals surface area contributed by atoms with E-state index >= 15 is 0 Å². The molecule has 1 unspecified atom stereocenters. The highest BCUT2D eigenvalue weighted by Crippen LogP contribution is 2.17. The molecule has 90 valence electrons. The van der Waals surface area contributed by atoms with Crippen LogP contribution in [0, 0.1) is 0 Å². The van der Waals surface area contributed by atoms with E-state index in [2.05, 4.69) is 34.2 Å². The Morgan fingerprint density at radius 2 is 2.00 bits per heavy atom. The maximum absolute atomic E-state index is 4.31. The molecule has 0 spiro atoms. The number of rotatable bonds is 5. The lowest BCUT2D eigenvalue weighted by Gasteiger charge is -2.17. The van der Waals surface area contributed by atoms with E-state index in [4.69, 9.17) is 0 Å². The van der Waals surface area contributed by atoms with Crippen molar-refractivity contribution in [2.45, 2.75) is 26.4 Å².